The van der Waals surface area contributed by atoms with Gasteiger partial charge in [-0.25, -0.2) is 0 Å². The second kappa shape index (κ2) is 5.40. The Morgan fingerprint density at radius 2 is 2.15 bits per heavy atom. The van der Waals surface area contributed by atoms with Crippen molar-refractivity contribution in [1.82, 2.24) is 10.2 Å². The molecule has 76 valence electrons. The first kappa shape index (κ1) is 10.7. The largest absolute Gasteiger partial charge is 0.314 e. The van der Waals surface area contributed by atoms with Gasteiger partial charge in [0, 0.05) is 25.7 Å². The topological polar surface area (TPSA) is 15.3 Å². The SMILES string of the molecule is C=C(C)CCN(CCC)C1CNC1. The lowest BCUT2D eigenvalue weighted by molar-refractivity contribution is 0.147. The van der Waals surface area contributed by atoms with Gasteiger partial charge >= 0.3 is 0 Å². The molecule has 1 saturated heterocycles. The summed E-state index contributed by atoms with van der Waals surface area (Å²) in [6.45, 7) is 13.1. The maximum absolute atomic E-state index is 3.95. The van der Waals surface area contributed by atoms with E-state index < -0.39 is 0 Å². The van der Waals surface area contributed by atoms with E-state index in [2.05, 4.69) is 30.6 Å². The molecule has 13 heavy (non-hydrogen) atoms. The molecule has 0 unspecified atom stereocenters. The number of rotatable bonds is 6. The average molecular weight is 182 g/mol. The van der Waals surface area contributed by atoms with Crippen LogP contribution >= 0.6 is 0 Å². The molecule has 0 spiro atoms. The first-order valence-corrected chi connectivity index (χ1v) is 5.33. The van der Waals surface area contributed by atoms with E-state index in [9.17, 15) is 0 Å². The van der Waals surface area contributed by atoms with E-state index in [1.807, 2.05) is 0 Å². The standard InChI is InChI=1S/C11H22N2/c1-4-6-13(7-5-10(2)3)11-8-12-9-11/h11-12H,2,4-9H2,1,3H3. The lowest BCUT2D eigenvalue weighted by atomic mass is 10.1. The molecule has 0 aromatic rings. The van der Waals surface area contributed by atoms with Crippen LogP contribution in [0.5, 0.6) is 0 Å². The third kappa shape index (κ3) is 3.49. The summed E-state index contributed by atoms with van der Waals surface area (Å²) < 4.78 is 0. The van der Waals surface area contributed by atoms with Crippen LogP contribution in [-0.2, 0) is 0 Å². The first-order valence-electron chi connectivity index (χ1n) is 5.33. The van der Waals surface area contributed by atoms with Crippen LogP contribution in [0.25, 0.3) is 0 Å². The predicted octanol–water partition coefficient (Wildman–Crippen LogP) is 1.64. The highest BCUT2D eigenvalue weighted by molar-refractivity contribution is 4.91. The van der Waals surface area contributed by atoms with Crippen LogP contribution in [0.2, 0.25) is 0 Å². The fraction of sp³-hybridized carbons (Fsp3) is 0.818. The molecule has 1 heterocycles. The maximum atomic E-state index is 3.95. The number of hydrogen-bond donors (Lipinski definition) is 1. The molecule has 2 nitrogen and oxygen atoms in total. The van der Waals surface area contributed by atoms with Crippen molar-refractivity contribution in [2.45, 2.75) is 32.7 Å². The van der Waals surface area contributed by atoms with Crippen LogP contribution in [-0.4, -0.2) is 37.1 Å². The number of nitrogens with zero attached hydrogens (tertiary/aromatic N) is 1. The highest BCUT2D eigenvalue weighted by Gasteiger charge is 2.22. The van der Waals surface area contributed by atoms with E-state index in [-0.39, 0.29) is 0 Å². The second-order valence-electron chi connectivity index (χ2n) is 4.06. The summed E-state index contributed by atoms with van der Waals surface area (Å²) in [6, 6.07) is 0.791. The molecule has 0 aromatic carbocycles. The van der Waals surface area contributed by atoms with Gasteiger partial charge in [0.2, 0.25) is 0 Å². The fourth-order valence-corrected chi connectivity index (χ4v) is 1.63. The van der Waals surface area contributed by atoms with Gasteiger partial charge in [0.1, 0.15) is 0 Å². The Kier molecular flexibility index (Phi) is 4.46. The minimum atomic E-state index is 0.791. The molecule has 1 N–H and O–H groups in total. The molecule has 0 saturated carbocycles. The lowest BCUT2D eigenvalue weighted by Crippen LogP contribution is -2.57. The van der Waals surface area contributed by atoms with Crippen LogP contribution in [0.15, 0.2) is 12.2 Å². The van der Waals surface area contributed by atoms with Gasteiger partial charge in [0.25, 0.3) is 0 Å². The summed E-state index contributed by atoms with van der Waals surface area (Å²) in [5.41, 5.74) is 1.30. The molecule has 1 aliphatic rings. The molecule has 1 rings (SSSR count). The van der Waals surface area contributed by atoms with Gasteiger partial charge in [-0.1, -0.05) is 12.5 Å². The molecule has 1 fully saturated rings. The normalized spacial score (nSPS) is 17.5. The second-order valence-corrected chi connectivity index (χ2v) is 4.06. The van der Waals surface area contributed by atoms with Crippen molar-refractivity contribution in [2.24, 2.45) is 0 Å². The summed E-state index contributed by atoms with van der Waals surface area (Å²) >= 11 is 0. The van der Waals surface area contributed by atoms with Crippen molar-refractivity contribution in [3.63, 3.8) is 0 Å². The van der Waals surface area contributed by atoms with Crippen LogP contribution < -0.4 is 5.32 Å². The van der Waals surface area contributed by atoms with E-state index in [0.717, 1.165) is 12.5 Å². The van der Waals surface area contributed by atoms with Crippen molar-refractivity contribution >= 4 is 0 Å². The zero-order valence-electron chi connectivity index (χ0n) is 8.97. The smallest absolute Gasteiger partial charge is 0.0345 e. The number of hydrogen-bond acceptors (Lipinski definition) is 2. The van der Waals surface area contributed by atoms with Crippen LogP contribution in [0.1, 0.15) is 26.7 Å². The monoisotopic (exact) mass is 182 g/mol. The minimum Gasteiger partial charge on any atom is -0.314 e. The van der Waals surface area contributed by atoms with Gasteiger partial charge in [-0.15, -0.1) is 6.58 Å². The van der Waals surface area contributed by atoms with Crippen molar-refractivity contribution in [1.29, 1.82) is 0 Å². The molecule has 2 heteroatoms. The molecular formula is C11H22N2. The first-order chi connectivity index (χ1) is 6.24. The Balaban J connectivity index is 2.24. The molecule has 0 aromatic heterocycles. The van der Waals surface area contributed by atoms with Crippen molar-refractivity contribution < 1.29 is 0 Å². The van der Waals surface area contributed by atoms with Gasteiger partial charge in [-0.2, -0.15) is 0 Å². The molecule has 0 atom stereocenters. The maximum Gasteiger partial charge on any atom is 0.0345 e. The molecule has 0 aliphatic carbocycles. The quantitative estimate of drug-likeness (QED) is 0.628. The van der Waals surface area contributed by atoms with Crippen LogP contribution in [0.4, 0.5) is 0 Å². The summed E-state index contributed by atoms with van der Waals surface area (Å²) in [5.74, 6) is 0. The van der Waals surface area contributed by atoms with Gasteiger partial charge in [0.15, 0.2) is 0 Å². The van der Waals surface area contributed by atoms with E-state index in [1.165, 1.54) is 38.2 Å². The minimum absolute atomic E-state index is 0.791. The Morgan fingerprint density at radius 1 is 1.46 bits per heavy atom. The van der Waals surface area contributed by atoms with Crippen molar-refractivity contribution in [2.75, 3.05) is 26.2 Å². The molecule has 0 bridgehead atoms. The summed E-state index contributed by atoms with van der Waals surface area (Å²) in [6.07, 6.45) is 2.41. The molecule has 0 amide bonds. The molecule has 1 aliphatic heterocycles. The Morgan fingerprint density at radius 3 is 2.54 bits per heavy atom. The van der Waals surface area contributed by atoms with Gasteiger partial charge in [-0.05, 0) is 26.3 Å². The highest BCUT2D eigenvalue weighted by atomic mass is 15.2. The average Bonchev–Trinajstić information content (AvgIpc) is 1.97. The van der Waals surface area contributed by atoms with Gasteiger partial charge in [-0.3, -0.25) is 4.90 Å². The zero-order chi connectivity index (χ0) is 9.68. The number of nitrogens with one attached hydrogen (secondary N) is 1. The summed E-state index contributed by atoms with van der Waals surface area (Å²) in [5, 5.41) is 3.32. The van der Waals surface area contributed by atoms with Crippen LogP contribution in [0, 0.1) is 0 Å². The van der Waals surface area contributed by atoms with E-state index in [4.69, 9.17) is 0 Å². The van der Waals surface area contributed by atoms with Gasteiger partial charge in [0.05, 0.1) is 0 Å². The third-order valence-electron chi connectivity index (χ3n) is 2.61. The van der Waals surface area contributed by atoms with E-state index in [1.54, 1.807) is 0 Å². The third-order valence-corrected chi connectivity index (χ3v) is 2.61. The van der Waals surface area contributed by atoms with Crippen molar-refractivity contribution in [3.8, 4) is 0 Å². The fourth-order valence-electron chi connectivity index (χ4n) is 1.63. The summed E-state index contributed by atoms with van der Waals surface area (Å²) in [4.78, 5) is 2.59. The molecular weight excluding hydrogens is 160 g/mol. The van der Waals surface area contributed by atoms with E-state index in [0.29, 0.717) is 0 Å². The molecule has 0 radical (unpaired) electrons. The van der Waals surface area contributed by atoms with Crippen molar-refractivity contribution in [3.05, 3.63) is 12.2 Å². The van der Waals surface area contributed by atoms with Crippen LogP contribution in [0.3, 0.4) is 0 Å². The Labute approximate surface area is 82.0 Å². The predicted molar refractivity (Wildman–Crippen MR) is 58.0 cm³/mol. The lowest BCUT2D eigenvalue weighted by Gasteiger charge is -2.38. The zero-order valence-corrected chi connectivity index (χ0v) is 8.97. The Hall–Kier alpha value is -0.340. The Bertz CT molecular complexity index is 161. The van der Waals surface area contributed by atoms with Gasteiger partial charge < -0.3 is 5.32 Å². The van der Waals surface area contributed by atoms with E-state index >= 15 is 0 Å². The summed E-state index contributed by atoms with van der Waals surface area (Å²) in [7, 11) is 0. The highest BCUT2D eigenvalue weighted by Crippen LogP contribution is 2.08.